The molecule has 0 fully saturated rings. The Morgan fingerprint density at radius 3 is 2.93 bits per heavy atom. The number of aromatic nitrogens is 1. The summed E-state index contributed by atoms with van der Waals surface area (Å²) < 4.78 is 0. The summed E-state index contributed by atoms with van der Waals surface area (Å²) >= 11 is 1.26. The molecule has 0 bridgehead atoms. The molecule has 1 atom stereocenters. The number of carbonyl (C=O) groups is 2. The highest BCUT2D eigenvalue weighted by Gasteiger charge is 2.20. The Bertz CT molecular complexity index is 347. The third-order valence-electron chi connectivity index (χ3n) is 1.55. The average Bonchev–Trinajstić information content (AvgIpc) is 2.57. The molecule has 1 amide bonds. The Kier molecular flexibility index (Phi) is 3.47. The van der Waals surface area contributed by atoms with Crippen molar-refractivity contribution in [3.8, 4) is 0 Å². The second-order valence-corrected chi connectivity index (χ2v) is 3.52. The maximum Gasteiger partial charge on any atom is 0.242 e. The summed E-state index contributed by atoms with van der Waals surface area (Å²) in [5.74, 6) is -1.53. The highest BCUT2D eigenvalue weighted by atomic mass is 32.1. The second-order valence-electron chi connectivity index (χ2n) is 2.62. The van der Waals surface area contributed by atoms with Gasteiger partial charge in [-0.05, 0) is 6.92 Å². The van der Waals surface area contributed by atoms with E-state index in [1.807, 2.05) is 0 Å². The lowest BCUT2D eigenvalue weighted by molar-refractivity contribution is -0.122. The summed E-state index contributed by atoms with van der Waals surface area (Å²) in [6.45, 7) is 1.42. The highest BCUT2D eigenvalue weighted by Crippen LogP contribution is 2.11. The summed E-state index contributed by atoms with van der Waals surface area (Å²) in [4.78, 5) is 25.7. The standard InChI is InChI=1S/C8H9N3O2S/c1-5(9)6(4-12)7(13)11-8-10-2-3-14-8/h2-4,6,9H,1H3,(H,10,11,13). The molecule has 5 nitrogen and oxygen atoms in total. The van der Waals surface area contributed by atoms with E-state index in [2.05, 4.69) is 10.3 Å². The van der Waals surface area contributed by atoms with Gasteiger partial charge in [0.15, 0.2) is 5.13 Å². The number of amides is 1. The first-order valence-corrected chi connectivity index (χ1v) is 4.74. The van der Waals surface area contributed by atoms with Crippen LogP contribution in [0.25, 0.3) is 0 Å². The van der Waals surface area contributed by atoms with Crippen LogP contribution in [0.5, 0.6) is 0 Å². The number of aldehydes is 1. The number of nitrogens with zero attached hydrogens (tertiary/aromatic N) is 1. The van der Waals surface area contributed by atoms with Crippen LogP contribution in [-0.2, 0) is 9.59 Å². The van der Waals surface area contributed by atoms with Crippen LogP contribution in [0.4, 0.5) is 5.13 Å². The van der Waals surface area contributed by atoms with Gasteiger partial charge < -0.3 is 15.5 Å². The molecule has 0 aliphatic rings. The van der Waals surface area contributed by atoms with Gasteiger partial charge in [0.1, 0.15) is 12.2 Å². The molecule has 0 aromatic carbocycles. The van der Waals surface area contributed by atoms with Gasteiger partial charge in [0.25, 0.3) is 0 Å². The fourth-order valence-corrected chi connectivity index (χ4v) is 1.36. The van der Waals surface area contributed by atoms with Gasteiger partial charge in [0.05, 0.1) is 0 Å². The first-order chi connectivity index (χ1) is 6.65. The van der Waals surface area contributed by atoms with Crippen LogP contribution < -0.4 is 5.32 Å². The lowest BCUT2D eigenvalue weighted by atomic mass is 10.1. The van der Waals surface area contributed by atoms with E-state index in [-0.39, 0.29) is 5.71 Å². The molecule has 0 spiro atoms. The van der Waals surface area contributed by atoms with Crippen molar-refractivity contribution < 1.29 is 9.59 Å². The fourth-order valence-electron chi connectivity index (χ4n) is 0.829. The molecule has 1 aromatic rings. The van der Waals surface area contributed by atoms with Gasteiger partial charge >= 0.3 is 0 Å². The predicted octanol–water partition coefficient (Wildman–Crippen LogP) is 0.936. The van der Waals surface area contributed by atoms with Crippen molar-refractivity contribution in [3.63, 3.8) is 0 Å². The molecule has 0 saturated carbocycles. The Morgan fingerprint density at radius 1 is 1.79 bits per heavy atom. The van der Waals surface area contributed by atoms with E-state index in [1.54, 1.807) is 11.6 Å². The van der Waals surface area contributed by atoms with Crippen LogP contribution in [0.3, 0.4) is 0 Å². The van der Waals surface area contributed by atoms with Crippen molar-refractivity contribution in [2.24, 2.45) is 5.92 Å². The minimum absolute atomic E-state index is 0.0223. The normalized spacial score (nSPS) is 11.8. The SMILES string of the molecule is CC(=N)C(C=O)C(=O)Nc1nccs1. The van der Waals surface area contributed by atoms with Crippen LogP contribution in [-0.4, -0.2) is 22.9 Å². The van der Waals surface area contributed by atoms with E-state index >= 15 is 0 Å². The summed E-state index contributed by atoms with van der Waals surface area (Å²) in [5.41, 5.74) is 0.0223. The van der Waals surface area contributed by atoms with E-state index in [1.165, 1.54) is 18.3 Å². The number of hydrogen-bond donors (Lipinski definition) is 2. The zero-order valence-corrected chi connectivity index (χ0v) is 8.30. The highest BCUT2D eigenvalue weighted by molar-refractivity contribution is 7.13. The van der Waals surface area contributed by atoms with Crippen molar-refractivity contribution in [3.05, 3.63) is 11.6 Å². The van der Waals surface area contributed by atoms with Crippen LogP contribution >= 0.6 is 11.3 Å². The molecule has 1 rings (SSSR count). The van der Waals surface area contributed by atoms with Gasteiger partial charge in [0.2, 0.25) is 5.91 Å². The Labute approximate surface area is 84.7 Å². The van der Waals surface area contributed by atoms with E-state index in [4.69, 9.17) is 5.41 Å². The van der Waals surface area contributed by atoms with E-state index in [0.717, 1.165) is 0 Å². The largest absolute Gasteiger partial charge is 0.309 e. The van der Waals surface area contributed by atoms with E-state index < -0.39 is 11.8 Å². The summed E-state index contributed by atoms with van der Waals surface area (Å²) in [6, 6.07) is 0. The Morgan fingerprint density at radius 2 is 2.50 bits per heavy atom. The number of hydrogen-bond acceptors (Lipinski definition) is 5. The number of thiazole rings is 1. The molecule has 0 aliphatic heterocycles. The van der Waals surface area contributed by atoms with Gasteiger partial charge in [-0.2, -0.15) is 0 Å². The first kappa shape index (κ1) is 10.5. The molecule has 14 heavy (non-hydrogen) atoms. The molecule has 6 heteroatoms. The summed E-state index contributed by atoms with van der Waals surface area (Å²) in [7, 11) is 0. The third kappa shape index (κ3) is 2.46. The van der Waals surface area contributed by atoms with Crippen molar-refractivity contribution in [2.75, 3.05) is 5.32 Å². The monoisotopic (exact) mass is 211 g/mol. The van der Waals surface area contributed by atoms with Crippen LogP contribution in [0, 0.1) is 11.3 Å². The van der Waals surface area contributed by atoms with Crippen LogP contribution in [0.15, 0.2) is 11.6 Å². The molecule has 1 heterocycles. The number of anilines is 1. The zero-order chi connectivity index (χ0) is 10.6. The van der Waals surface area contributed by atoms with Crippen LogP contribution in [0.2, 0.25) is 0 Å². The third-order valence-corrected chi connectivity index (χ3v) is 2.24. The van der Waals surface area contributed by atoms with Gasteiger partial charge in [-0.3, -0.25) is 4.79 Å². The van der Waals surface area contributed by atoms with Gasteiger partial charge in [0, 0.05) is 17.3 Å². The molecule has 1 unspecified atom stereocenters. The van der Waals surface area contributed by atoms with Crippen molar-refractivity contribution in [1.82, 2.24) is 4.98 Å². The summed E-state index contributed by atoms with van der Waals surface area (Å²) in [5, 5.41) is 11.8. The molecule has 0 radical (unpaired) electrons. The van der Waals surface area contributed by atoms with E-state index in [9.17, 15) is 9.59 Å². The van der Waals surface area contributed by atoms with Gasteiger partial charge in [-0.15, -0.1) is 11.3 Å². The maximum absolute atomic E-state index is 11.4. The first-order valence-electron chi connectivity index (χ1n) is 3.86. The van der Waals surface area contributed by atoms with Gasteiger partial charge in [-0.25, -0.2) is 4.98 Å². The Hall–Kier alpha value is -1.56. The van der Waals surface area contributed by atoms with E-state index in [0.29, 0.717) is 11.4 Å². The molecule has 1 aromatic heterocycles. The maximum atomic E-state index is 11.4. The van der Waals surface area contributed by atoms with Crippen molar-refractivity contribution >= 4 is 34.4 Å². The fraction of sp³-hybridized carbons (Fsp3) is 0.250. The molecule has 0 aliphatic carbocycles. The molecule has 2 N–H and O–H groups in total. The number of rotatable bonds is 4. The molecule has 0 saturated heterocycles. The minimum atomic E-state index is -1.01. The number of nitrogens with one attached hydrogen (secondary N) is 2. The second kappa shape index (κ2) is 4.61. The lowest BCUT2D eigenvalue weighted by Gasteiger charge is -2.06. The smallest absolute Gasteiger partial charge is 0.242 e. The molecular formula is C8H9N3O2S. The molecule has 74 valence electrons. The summed E-state index contributed by atoms with van der Waals surface area (Å²) in [6.07, 6.45) is 2.00. The van der Waals surface area contributed by atoms with Crippen LogP contribution in [0.1, 0.15) is 6.92 Å². The van der Waals surface area contributed by atoms with Crippen molar-refractivity contribution in [1.29, 1.82) is 5.41 Å². The average molecular weight is 211 g/mol. The number of carbonyl (C=O) groups excluding carboxylic acids is 2. The topological polar surface area (TPSA) is 82.9 Å². The van der Waals surface area contributed by atoms with Crippen molar-refractivity contribution in [2.45, 2.75) is 6.92 Å². The zero-order valence-electron chi connectivity index (χ0n) is 7.48. The predicted molar refractivity (Wildman–Crippen MR) is 53.7 cm³/mol. The van der Waals surface area contributed by atoms with Gasteiger partial charge in [-0.1, -0.05) is 0 Å². The Balaban J connectivity index is 2.65. The minimum Gasteiger partial charge on any atom is -0.309 e. The lowest BCUT2D eigenvalue weighted by Crippen LogP contribution is -2.28. The quantitative estimate of drug-likeness (QED) is 0.441. The molecular weight excluding hydrogens is 202 g/mol.